The average Bonchev–Trinajstić information content (AvgIpc) is 3.45. The number of sulfonamides is 1. The van der Waals surface area contributed by atoms with Gasteiger partial charge in [0.15, 0.2) is 0 Å². The zero-order chi connectivity index (χ0) is 33.2. The van der Waals surface area contributed by atoms with Crippen LogP contribution in [0.3, 0.4) is 0 Å². The van der Waals surface area contributed by atoms with Crippen LogP contribution in [0, 0.1) is 36.0 Å². The molecule has 2 amide bonds. The van der Waals surface area contributed by atoms with E-state index in [4.69, 9.17) is 4.74 Å². The lowest BCUT2D eigenvalue weighted by Gasteiger charge is -2.42. The molecule has 254 valence electrons. The summed E-state index contributed by atoms with van der Waals surface area (Å²) in [5.41, 5.74) is 1.63. The quantitative estimate of drug-likeness (QED) is 0.327. The molecule has 1 aromatic carbocycles. The van der Waals surface area contributed by atoms with Crippen LogP contribution in [0.25, 0.3) is 0 Å². The highest BCUT2D eigenvalue weighted by atomic mass is 32.2. The van der Waals surface area contributed by atoms with Crippen LogP contribution < -0.4 is 15.5 Å². The number of hydrogen-bond donors (Lipinski definition) is 2. The van der Waals surface area contributed by atoms with Crippen molar-refractivity contribution in [3.8, 4) is 0 Å². The summed E-state index contributed by atoms with van der Waals surface area (Å²) < 4.78 is 58.9. The number of carbonyl (C=O) groups excluding carboxylic acids is 2. The summed E-state index contributed by atoms with van der Waals surface area (Å²) in [7, 11) is -7.06. The fourth-order valence-corrected chi connectivity index (χ4v) is 10.8. The van der Waals surface area contributed by atoms with Crippen molar-refractivity contribution < 1.29 is 31.2 Å². The lowest BCUT2D eigenvalue weighted by atomic mass is 9.73. The Kier molecular flexibility index (Phi) is 11.2. The maximum atomic E-state index is 14.1. The van der Waals surface area contributed by atoms with E-state index in [1.807, 2.05) is 26.0 Å². The number of nitrogens with zero attached hydrogens (tertiary/aromatic N) is 2. The van der Waals surface area contributed by atoms with Crippen molar-refractivity contribution in [1.29, 1.82) is 0 Å². The SMILES string of the molecule is Cc1ccccc1N1CCN(S(=O)(=O)CC23CCC(C[C@@H]2NC(=O)[C@H](CCS(C)(=O)=O)NC(=O)OCC(C)C)C3C(C)C)CC1. The average molecular weight is 669 g/mol. The van der Waals surface area contributed by atoms with E-state index in [9.17, 15) is 26.4 Å². The first kappa shape index (κ1) is 35.5. The number of nitrogens with one attached hydrogen (secondary N) is 2. The highest BCUT2D eigenvalue weighted by molar-refractivity contribution is 7.90. The second-order valence-electron chi connectivity index (χ2n) is 14.1. The second-order valence-corrected chi connectivity index (χ2v) is 18.4. The number of fused-ring (bicyclic) bond motifs is 2. The highest BCUT2D eigenvalue weighted by Gasteiger charge is 2.62. The monoisotopic (exact) mass is 668 g/mol. The first-order valence-electron chi connectivity index (χ1n) is 16.2. The zero-order valence-electron chi connectivity index (χ0n) is 27.6. The van der Waals surface area contributed by atoms with E-state index in [0.717, 1.165) is 23.9 Å². The van der Waals surface area contributed by atoms with Gasteiger partial charge in [-0.05, 0) is 67.9 Å². The van der Waals surface area contributed by atoms with Crippen molar-refractivity contribution in [1.82, 2.24) is 14.9 Å². The smallest absolute Gasteiger partial charge is 0.407 e. The summed E-state index contributed by atoms with van der Waals surface area (Å²) >= 11 is 0. The molecule has 1 heterocycles. The van der Waals surface area contributed by atoms with E-state index in [0.29, 0.717) is 39.0 Å². The van der Waals surface area contributed by atoms with Crippen LogP contribution >= 0.6 is 0 Å². The summed E-state index contributed by atoms with van der Waals surface area (Å²) in [4.78, 5) is 28.4. The highest BCUT2D eigenvalue weighted by Crippen LogP contribution is 2.61. The number of carbonyl (C=O) groups is 2. The molecule has 1 aliphatic heterocycles. The molecule has 3 unspecified atom stereocenters. The predicted molar refractivity (Wildman–Crippen MR) is 176 cm³/mol. The van der Waals surface area contributed by atoms with Crippen LogP contribution in [0.2, 0.25) is 0 Å². The molecule has 3 aliphatic rings. The van der Waals surface area contributed by atoms with E-state index in [2.05, 4.69) is 48.4 Å². The van der Waals surface area contributed by atoms with Gasteiger partial charge in [-0.15, -0.1) is 0 Å². The van der Waals surface area contributed by atoms with Crippen molar-refractivity contribution in [2.45, 2.75) is 72.4 Å². The van der Waals surface area contributed by atoms with Crippen molar-refractivity contribution in [2.75, 3.05) is 55.4 Å². The number of benzene rings is 1. The van der Waals surface area contributed by atoms with Gasteiger partial charge >= 0.3 is 6.09 Å². The van der Waals surface area contributed by atoms with Crippen LogP contribution in [0.15, 0.2) is 24.3 Å². The largest absolute Gasteiger partial charge is 0.449 e. The van der Waals surface area contributed by atoms with Crippen LogP contribution in [0.1, 0.15) is 58.9 Å². The summed E-state index contributed by atoms with van der Waals surface area (Å²) in [5, 5.41) is 5.67. The van der Waals surface area contributed by atoms with Crippen molar-refractivity contribution in [3.05, 3.63) is 29.8 Å². The molecule has 2 aliphatic carbocycles. The number of hydrogen-bond acceptors (Lipinski definition) is 8. The van der Waals surface area contributed by atoms with E-state index in [1.165, 1.54) is 0 Å². The minimum Gasteiger partial charge on any atom is -0.449 e. The Morgan fingerprint density at radius 1 is 1.04 bits per heavy atom. The lowest BCUT2D eigenvalue weighted by molar-refractivity contribution is -0.124. The number of piperazine rings is 1. The molecule has 1 aromatic rings. The van der Waals surface area contributed by atoms with E-state index in [-0.39, 0.29) is 48.2 Å². The number of rotatable bonds is 13. The third-order valence-corrected chi connectivity index (χ3v) is 12.9. The summed E-state index contributed by atoms with van der Waals surface area (Å²) in [6, 6.07) is 6.59. The van der Waals surface area contributed by atoms with Gasteiger partial charge < -0.3 is 20.3 Å². The topological polar surface area (TPSA) is 142 Å². The van der Waals surface area contributed by atoms with Crippen LogP contribution in [-0.4, -0.2) is 95.8 Å². The van der Waals surface area contributed by atoms with Gasteiger partial charge in [0.25, 0.3) is 0 Å². The van der Waals surface area contributed by atoms with Crippen LogP contribution in [0.4, 0.5) is 10.5 Å². The first-order valence-corrected chi connectivity index (χ1v) is 19.9. The first-order chi connectivity index (χ1) is 21.0. The molecular formula is C32H52N4O7S2. The Labute approximate surface area is 269 Å². The maximum Gasteiger partial charge on any atom is 0.407 e. The zero-order valence-corrected chi connectivity index (χ0v) is 29.3. The molecule has 2 saturated carbocycles. The Morgan fingerprint density at radius 2 is 1.71 bits per heavy atom. The fourth-order valence-electron chi connectivity index (χ4n) is 8.01. The Bertz CT molecular complexity index is 1420. The molecule has 0 radical (unpaired) electrons. The molecule has 45 heavy (non-hydrogen) atoms. The molecule has 13 heteroatoms. The molecule has 11 nitrogen and oxygen atoms in total. The summed E-state index contributed by atoms with van der Waals surface area (Å²) in [5.74, 6) is -0.140. The second kappa shape index (κ2) is 14.2. The standard InChI is InChI=1S/C32H52N4O7S2/c1-22(2)20-43-31(38)33-26(12-18-44(6,39)40)30(37)34-28-19-25-11-13-32(28,29(25)23(3)4)21-45(41,42)36-16-14-35(15-17-36)27-10-8-7-9-24(27)5/h7-10,22-23,25-26,28-29H,11-21H2,1-6H3,(H,33,38)(H,34,37)/t25?,26-,28-,29?,32?/m0/s1. The van der Waals surface area contributed by atoms with Crippen LogP contribution in [0.5, 0.6) is 0 Å². The van der Waals surface area contributed by atoms with E-state index < -0.39 is 49.4 Å². The van der Waals surface area contributed by atoms with Crippen molar-refractivity contribution in [2.24, 2.45) is 29.1 Å². The van der Waals surface area contributed by atoms with Gasteiger partial charge in [-0.2, -0.15) is 4.31 Å². The van der Waals surface area contributed by atoms with Crippen LogP contribution in [-0.2, 0) is 29.4 Å². The molecule has 1 saturated heterocycles. The van der Waals surface area contributed by atoms with Gasteiger partial charge in [0.05, 0.1) is 18.1 Å². The Morgan fingerprint density at radius 3 is 2.31 bits per heavy atom. The normalized spacial score (nSPS) is 26.3. The van der Waals surface area contributed by atoms with E-state index >= 15 is 0 Å². The van der Waals surface area contributed by atoms with Gasteiger partial charge in [0.2, 0.25) is 15.9 Å². The van der Waals surface area contributed by atoms with Gasteiger partial charge in [-0.3, -0.25) is 4.79 Å². The van der Waals surface area contributed by atoms with Gasteiger partial charge in [-0.25, -0.2) is 21.6 Å². The minimum absolute atomic E-state index is 0.0491. The molecule has 2 bridgehead atoms. The molecule has 0 aromatic heterocycles. The maximum absolute atomic E-state index is 14.1. The molecule has 5 atom stereocenters. The number of aryl methyl sites for hydroxylation is 1. The molecular weight excluding hydrogens is 617 g/mol. The number of alkyl carbamates (subject to hydrolysis) is 1. The number of amides is 2. The third kappa shape index (κ3) is 8.51. The summed E-state index contributed by atoms with van der Waals surface area (Å²) in [6.07, 6.45) is 2.44. The molecule has 2 N–H and O–H groups in total. The van der Waals surface area contributed by atoms with Crippen molar-refractivity contribution >= 4 is 37.5 Å². The molecule has 3 fully saturated rings. The summed E-state index contributed by atoms with van der Waals surface area (Å²) in [6.45, 7) is 12.2. The van der Waals surface area contributed by atoms with E-state index in [1.54, 1.807) is 4.31 Å². The Hall–Kier alpha value is -2.38. The van der Waals surface area contributed by atoms with Gasteiger partial charge in [-0.1, -0.05) is 45.9 Å². The number of anilines is 1. The van der Waals surface area contributed by atoms with Gasteiger partial charge in [0, 0.05) is 49.6 Å². The number of sulfone groups is 1. The van der Waals surface area contributed by atoms with Crippen molar-refractivity contribution in [3.63, 3.8) is 0 Å². The number of para-hydroxylation sites is 1. The fraction of sp³-hybridized carbons (Fsp3) is 0.750. The predicted octanol–water partition coefficient (Wildman–Crippen LogP) is 3.19. The Balaban J connectivity index is 1.51. The lowest BCUT2D eigenvalue weighted by Crippen LogP contribution is -2.57. The minimum atomic E-state index is -3.66. The number of ether oxygens (including phenoxy) is 1. The third-order valence-electron chi connectivity index (χ3n) is 9.89. The molecule has 0 spiro atoms. The molecule has 4 rings (SSSR count). The van der Waals surface area contributed by atoms with Gasteiger partial charge in [0.1, 0.15) is 15.9 Å².